The molecule has 2 rings (SSSR count). The molecule has 0 bridgehead atoms. The van der Waals surface area contributed by atoms with Crippen LogP contribution in [-0.4, -0.2) is 4.98 Å². The van der Waals surface area contributed by atoms with Gasteiger partial charge in [-0.1, -0.05) is 34.8 Å². The molecule has 2 aromatic rings. The number of anilines is 1. The maximum atomic E-state index is 5.87. The van der Waals surface area contributed by atoms with Gasteiger partial charge in [-0.05, 0) is 12.1 Å². The van der Waals surface area contributed by atoms with Crippen molar-refractivity contribution in [2.45, 2.75) is 0 Å². The Morgan fingerprint density at radius 2 is 1.76 bits per heavy atom. The fraction of sp³-hybridized carbons (Fsp3) is 0. The third-order valence-corrected chi connectivity index (χ3v) is 2.91. The van der Waals surface area contributed by atoms with Crippen molar-refractivity contribution in [3.05, 3.63) is 45.5 Å². The van der Waals surface area contributed by atoms with Gasteiger partial charge in [0, 0.05) is 18.3 Å². The molecule has 1 aromatic heterocycles. The van der Waals surface area contributed by atoms with Crippen molar-refractivity contribution in [1.29, 1.82) is 0 Å². The van der Waals surface area contributed by atoms with Crippen LogP contribution in [0, 0.1) is 0 Å². The topological polar surface area (TPSA) is 48.1 Å². The second-order valence-corrected chi connectivity index (χ2v) is 4.47. The Hall–Kier alpha value is -1.16. The summed E-state index contributed by atoms with van der Waals surface area (Å²) < 4.78 is 5.46. The van der Waals surface area contributed by atoms with E-state index in [4.69, 9.17) is 45.3 Å². The molecule has 3 nitrogen and oxygen atoms in total. The predicted octanol–water partition coefficient (Wildman–Crippen LogP) is 4.42. The highest BCUT2D eigenvalue weighted by Gasteiger charge is 2.07. The summed E-state index contributed by atoms with van der Waals surface area (Å²) in [6.45, 7) is 0. The molecule has 0 unspecified atom stereocenters. The van der Waals surface area contributed by atoms with E-state index in [-0.39, 0.29) is 0 Å². The molecule has 0 saturated heterocycles. The van der Waals surface area contributed by atoms with E-state index < -0.39 is 0 Å². The zero-order chi connectivity index (χ0) is 12.4. The van der Waals surface area contributed by atoms with E-state index in [0.29, 0.717) is 32.4 Å². The zero-order valence-corrected chi connectivity index (χ0v) is 10.7. The van der Waals surface area contributed by atoms with Crippen LogP contribution in [0.2, 0.25) is 15.1 Å². The van der Waals surface area contributed by atoms with Crippen molar-refractivity contribution < 1.29 is 4.74 Å². The van der Waals surface area contributed by atoms with Crippen LogP contribution in [0.25, 0.3) is 0 Å². The number of nitrogens with zero attached hydrogens (tertiary/aromatic N) is 1. The first kappa shape index (κ1) is 12.3. The van der Waals surface area contributed by atoms with Crippen molar-refractivity contribution in [1.82, 2.24) is 4.98 Å². The fourth-order valence-electron chi connectivity index (χ4n) is 1.17. The molecule has 2 N–H and O–H groups in total. The molecule has 0 fully saturated rings. The molecule has 6 heteroatoms. The van der Waals surface area contributed by atoms with E-state index in [1.807, 2.05) is 0 Å². The van der Waals surface area contributed by atoms with Gasteiger partial charge in [0.05, 0.1) is 20.8 Å². The van der Waals surface area contributed by atoms with Gasteiger partial charge < -0.3 is 10.5 Å². The Balaban J connectivity index is 2.30. The van der Waals surface area contributed by atoms with E-state index in [0.717, 1.165) is 0 Å². The van der Waals surface area contributed by atoms with Crippen LogP contribution >= 0.6 is 34.8 Å². The van der Waals surface area contributed by atoms with E-state index >= 15 is 0 Å². The van der Waals surface area contributed by atoms with Crippen molar-refractivity contribution in [2.24, 2.45) is 0 Å². The van der Waals surface area contributed by atoms with Gasteiger partial charge in [-0.3, -0.25) is 0 Å². The highest BCUT2D eigenvalue weighted by molar-refractivity contribution is 6.42. The van der Waals surface area contributed by atoms with Gasteiger partial charge >= 0.3 is 0 Å². The third-order valence-electron chi connectivity index (χ3n) is 1.97. The molecule has 0 aliphatic carbocycles. The number of hydrogen-bond acceptors (Lipinski definition) is 3. The summed E-state index contributed by atoms with van der Waals surface area (Å²) in [4.78, 5) is 3.98. The molecular weight excluding hydrogens is 282 g/mol. The molecule has 17 heavy (non-hydrogen) atoms. The maximum Gasteiger partial charge on any atom is 0.219 e. The molecular formula is C11H7Cl3N2O. The highest BCUT2D eigenvalue weighted by Crippen LogP contribution is 2.34. The SMILES string of the molecule is Nc1cc(Cl)c(Cl)cc1Oc1ccc(Cl)cn1. The number of ether oxygens (including phenoxy) is 1. The van der Waals surface area contributed by atoms with Crippen LogP contribution < -0.4 is 10.5 Å². The average molecular weight is 290 g/mol. The summed E-state index contributed by atoms with van der Waals surface area (Å²) in [6.07, 6.45) is 1.48. The Bertz CT molecular complexity index is 543. The van der Waals surface area contributed by atoms with Crippen molar-refractivity contribution in [2.75, 3.05) is 5.73 Å². The van der Waals surface area contributed by atoms with Gasteiger partial charge in [0.1, 0.15) is 0 Å². The molecule has 1 aromatic carbocycles. The van der Waals surface area contributed by atoms with E-state index in [1.54, 1.807) is 12.1 Å². The minimum absolute atomic E-state index is 0.366. The van der Waals surface area contributed by atoms with E-state index in [1.165, 1.54) is 18.3 Å². The predicted molar refractivity (Wildman–Crippen MR) is 70.2 cm³/mol. The number of pyridine rings is 1. The molecule has 0 spiro atoms. The lowest BCUT2D eigenvalue weighted by Gasteiger charge is -2.08. The van der Waals surface area contributed by atoms with Gasteiger partial charge in [-0.25, -0.2) is 4.98 Å². The first-order valence-electron chi connectivity index (χ1n) is 4.60. The van der Waals surface area contributed by atoms with Crippen LogP contribution in [0.15, 0.2) is 30.5 Å². The molecule has 1 heterocycles. The van der Waals surface area contributed by atoms with Crippen LogP contribution in [0.5, 0.6) is 11.6 Å². The monoisotopic (exact) mass is 288 g/mol. The van der Waals surface area contributed by atoms with Gasteiger partial charge in [-0.15, -0.1) is 0 Å². The van der Waals surface area contributed by atoms with Crippen LogP contribution in [0.3, 0.4) is 0 Å². The van der Waals surface area contributed by atoms with Crippen LogP contribution in [0.4, 0.5) is 5.69 Å². The molecule has 0 atom stereocenters. The minimum atomic E-state index is 0.366. The van der Waals surface area contributed by atoms with Gasteiger partial charge in [0.15, 0.2) is 5.75 Å². The molecule has 0 saturated carbocycles. The summed E-state index contributed by atoms with van der Waals surface area (Å²) in [7, 11) is 0. The van der Waals surface area contributed by atoms with E-state index in [9.17, 15) is 0 Å². The van der Waals surface area contributed by atoms with Gasteiger partial charge in [-0.2, -0.15) is 0 Å². The lowest BCUT2D eigenvalue weighted by molar-refractivity contribution is 0.465. The minimum Gasteiger partial charge on any atom is -0.437 e. The van der Waals surface area contributed by atoms with Gasteiger partial charge in [0.2, 0.25) is 5.88 Å². The van der Waals surface area contributed by atoms with Gasteiger partial charge in [0.25, 0.3) is 0 Å². The number of nitrogen functional groups attached to an aromatic ring is 1. The number of nitrogens with two attached hydrogens (primary N) is 1. The largest absolute Gasteiger partial charge is 0.437 e. The first-order valence-corrected chi connectivity index (χ1v) is 5.73. The number of benzene rings is 1. The lowest BCUT2D eigenvalue weighted by atomic mass is 10.3. The standard InChI is InChI=1S/C11H7Cl3N2O/c12-6-1-2-11(16-5-6)17-10-4-8(14)7(13)3-9(10)15/h1-5H,15H2. The zero-order valence-electron chi connectivity index (χ0n) is 8.45. The summed E-state index contributed by atoms with van der Waals surface area (Å²) >= 11 is 17.4. The second-order valence-electron chi connectivity index (χ2n) is 3.22. The summed E-state index contributed by atoms with van der Waals surface area (Å²) in [5.41, 5.74) is 6.13. The van der Waals surface area contributed by atoms with E-state index in [2.05, 4.69) is 4.98 Å². The Labute approximate surface area is 113 Å². The smallest absolute Gasteiger partial charge is 0.219 e. The molecule has 0 radical (unpaired) electrons. The first-order chi connectivity index (χ1) is 8.06. The Morgan fingerprint density at radius 3 is 2.41 bits per heavy atom. The molecule has 0 aliphatic heterocycles. The number of aromatic nitrogens is 1. The van der Waals surface area contributed by atoms with Crippen molar-refractivity contribution in [3.63, 3.8) is 0 Å². The third kappa shape index (κ3) is 2.94. The maximum absolute atomic E-state index is 5.87. The summed E-state index contributed by atoms with van der Waals surface area (Å²) in [5, 5.41) is 1.27. The second kappa shape index (κ2) is 5.00. The van der Waals surface area contributed by atoms with Crippen molar-refractivity contribution in [3.8, 4) is 11.6 Å². The fourth-order valence-corrected chi connectivity index (χ4v) is 1.61. The summed E-state index contributed by atoms with van der Waals surface area (Å²) in [5.74, 6) is 0.772. The summed E-state index contributed by atoms with van der Waals surface area (Å²) in [6, 6.07) is 6.35. The van der Waals surface area contributed by atoms with Crippen molar-refractivity contribution >= 4 is 40.5 Å². The highest BCUT2D eigenvalue weighted by atomic mass is 35.5. The number of hydrogen-bond donors (Lipinski definition) is 1. The molecule has 0 aliphatic rings. The average Bonchev–Trinajstić information content (AvgIpc) is 2.29. The lowest BCUT2D eigenvalue weighted by Crippen LogP contribution is -1.93. The quantitative estimate of drug-likeness (QED) is 0.833. The Kier molecular flexibility index (Phi) is 3.62. The Morgan fingerprint density at radius 1 is 1.06 bits per heavy atom. The number of rotatable bonds is 2. The molecule has 0 amide bonds. The number of halogens is 3. The molecule has 88 valence electrons. The van der Waals surface area contributed by atoms with Crippen LogP contribution in [0.1, 0.15) is 0 Å². The normalized spacial score (nSPS) is 10.3. The van der Waals surface area contributed by atoms with Crippen LogP contribution in [-0.2, 0) is 0 Å².